The smallest absolute Gasteiger partial charge is 0.462 e. The van der Waals surface area contributed by atoms with Gasteiger partial charge in [-0.15, -0.1) is 0 Å². The van der Waals surface area contributed by atoms with E-state index >= 15 is 0 Å². The number of ether oxygens (including phenoxy) is 4. The Balaban J connectivity index is 5.21. The highest BCUT2D eigenvalue weighted by Gasteiger charge is 2.30. The Hall–Kier alpha value is -1.94. The van der Waals surface area contributed by atoms with Crippen molar-refractivity contribution >= 4 is 39.5 Å². The van der Waals surface area contributed by atoms with Crippen molar-refractivity contribution in [2.24, 2.45) is 11.8 Å². The predicted molar refractivity (Wildman–Crippen MR) is 423 cm³/mol. The third kappa shape index (κ3) is 78.0. The van der Waals surface area contributed by atoms with Gasteiger partial charge < -0.3 is 33.8 Å². The lowest BCUT2D eigenvalue weighted by molar-refractivity contribution is -0.161. The highest BCUT2D eigenvalue weighted by molar-refractivity contribution is 7.47. The van der Waals surface area contributed by atoms with Crippen molar-refractivity contribution in [2.75, 3.05) is 39.6 Å². The summed E-state index contributed by atoms with van der Waals surface area (Å²) in [5.41, 5.74) is 0. The molecule has 19 heteroatoms. The number of phosphoric acid groups is 2. The Bertz CT molecular complexity index is 1980. The van der Waals surface area contributed by atoms with Gasteiger partial charge in [-0.05, 0) is 37.5 Å². The first-order valence-electron chi connectivity index (χ1n) is 43.5. The third-order valence-corrected chi connectivity index (χ3v) is 21.6. The number of rotatable bonds is 83. The van der Waals surface area contributed by atoms with Crippen LogP contribution in [-0.4, -0.2) is 96.7 Å². The van der Waals surface area contributed by atoms with Crippen LogP contribution < -0.4 is 0 Å². The van der Waals surface area contributed by atoms with Crippen LogP contribution in [-0.2, 0) is 65.4 Å². The maximum atomic E-state index is 13.1. The van der Waals surface area contributed by atoms with Crippen LogP contribution in [0.25, 0.3) is 0 Å². The lowest BCUT2D eigenvalue weighted by Gasteiger charge is -2.21. The largest absolute Gasteiger partial charge is 0.472 e. The quantitative estimate of drug-likeness (QED) is 0.0222. The molecule has 0 heterocycles. The van der Waals surface area contributed by atoms with Crippen LogP contribution in [0.4, 0.5) is 0 Å². The second kappa shape index (κ2) is 75.5. The van der Waals surface area contributed by atoms with Crippen LogP contribution >= 0.6 is 15.6 Å². The molecule has 103 heavy (non-hydrogen) atoms. The first-order chi connectivity index (χ1) is 49.9. The molecule has 5 atom stereocenters. The summed E-state index contributed by atoms with van der Waals surface area (Å²) in [5, 5.41) is 10.7. The summed E-state index contributed by atoms with van der Waals surface area (Å²) in [6.45, 7) is 9.63. The van der Waals surface area contributed by atoms with Crippen LogP contribution in [0.5, 0.6) is 0 Å². The molecule has 0 saturated carbocycles. The number of hydrogen-bond acceptors (Lipinski definition) is 15. The van der Waals surface area contributed by atoms with E-state index in [0.717, 1.165) is 102 Å². The molecular formula is C84H164O17P2. The molecule has 0 spiro atoms. The van der Waals surface area contributed by atoms with E-state index in [1.807, 2.05) is 0 Å². The van der Waals surface area contributed by atoms with Crippen LogP contribution in [0.1, 0.15) is 446 Å². The predicted octanol–water partition coefficient (Wildman–Crippen LogP) is 25.5. The molecule has 0 aromatic rings. The first kappa shape index (κ1) is 101. The van der Waals surface area contributed by atoms with Gasteiger partial charge in [-0.1, -0.05) is 395 Å². The van der Waals surface area contributed by atoms with Gasteiger partial charge in [-0.3, -0.25) is 37.3 Å². The molecule has 0 aliphatic carbocycles. The summed E-state index contributed by atoms with van der Waals surface area (Å²) < 4.78 is 68.8. The lowest BCUT2D eigenvalue weighted by Crippen LogP contribution is -2.30. The zero-order chi connectivity index (χ0) is 75.6. The summed E-state index contributed by atoms with van der Waals surface area (Å²) in [5.74, 6) is -0.580. The zero-order valence-corrected chi connectivity index (χ0v) is 69.4. The molecule has 17 nitrogen and oxygen atoms in total. The van der Waals surface area contributed by atoms with Crippen molar-refractivity contribution in [1.82, 2.24) is 0 Å². The molecule has 0 aliphatic rings. The van der Waals surface area contributed by atoms with E-state index in [-0.39, 0.29) is 25.7 Å². The molecule has 2 unspecified atom stereocenters. The molecule has 0 rings (SSSR count). The van der Waals surface area contributed by atoms with Crippen molar-refractivity contribution in [1.29, 1.82) is 0 Å². The minimum Gasteiger partial charge on any atom is -0.462 e. The second-order valence-electron chi connectivity index (χ2n) is 31.2. The number of unbranched alkanes of at least 4 members (excludes halogenated alkanes) is 53. The molecule has 3 N–H and O–H groups in total. The van der Waals surface area contributed by atoms with E-state index in [1.165, 1.54) is 257 Å². The van der Waals surface area contributed by atoms with E-state index in [4.69, 9.17) is 37.0 Å². The van der Waals surface area contributed by atoms with E-state index in [9.17, 15) is 43.2 Å². The maximum absolute atomic E-state index is 13.1. The fourth-order valence-corrected chi connectivity index (χ4v) is 14.6. The van der Waals surface area contributed by atoms with Crippen LogP contribution in [0.15, 0.2) is 0 Å². The van der Waals surface area contributed by atoms with Crippen molar-refractivity contribution < 1.29 is 80.2 Å². The monoisotopic (exact) mass is 1510 g/mol. The highest BCUT2D eigenvalue weighted by atomic mass is 31.2. The van der Waals surface area contributed by atoms with Gasteiger partial charge in [0.05, 0.1) is 26.4 Å². The average Bonchev–Trinajstić information content (AvgIpc) is 0.931. The molecule has 0 radical (unpaired) electrons. The van der Waals surface area contributed by atoms with Gasteiger partial charge in [0.2, 0.25) is 0 Å². The van der Waals surface area contributed by atoms with E-state index in [1.54, 1.807) is 0 Å². The Morgan fingerprint density at radius 2 is 0.447 bits per heavy atom. The highest BCUT2D eigenvalue weighted by Crippen LogP contribution is 2.45. The van der Waals surface area contributed by atoms with Gasteiger partial charge in [0.15, 0.2) is 12.2 Å². The fraction of sp³-hybridized carbons (Fsp3) is 0.952. The second-order valence-corrected chi connectivity index (χ2v) is 34.1. The van der Waals surface area contributed by atoms with Gasteiger partial charge in [-0.2, -0.15) is 0 Å². The van der Waals surface area contributed by atoms with E-state index < -0.39 is 97.5 Å². The lowest BCUT2D eigenvalue weighted by atomic mass is 10.0. The van der Waals surface area contributed by atoms with Gasteiger partial charge in [-0.25, -0.2) is 9.13 Å². The summed E-state index contributed by atoms with van der Waals surface area (Å²) >= 11 is 0. The van der Waals surface area contributed by atoms with Crippen LogP contribution in [0.3, 0.4) is 0 Å². The summed E-state index contributed by atoms with van der Waals surface area (Å²) in [7, 11) is -9.92. The SMILES string of the molecule is CCCCCCCCCCCCCCCCCCCCCC(=O)OC[C@H](COP(=O)(O)OC[C@@H](O)COP(=O)(O)OC[C@@H](COC(=O)CCCCCCCCCC(C)C)OC(=O)CCCCCCCCCCCCCCC)OC(=O)CCCCCCCCCCCCCCCCCCCCC(C)C. The van der Waals surface area contributed by atoms with E-state index in [2.05, 4.69) is 41.5 Å². The summed E-state index contributed by atoms with van der Waals surface area (Å²) in [6.07, 6.45) is 66.8. The molecule has 0 fully saturated rings. The van der Waals surface area contributed by atoms with Gasteiger partial charge in [0.1, 0.15) is 19.3 Å². The number of carbonyl (C=O) groups excluding carboxylic acids is 4. The number of aliphatic hydroxyl groups excluding tert-OH is 1. The zero-order valence-electron chi connectivity index (χ0n) is 67.6. The average molecular weight is 1510 g/mol. The minimum absolute atomic E-state index is 0.107. The molecule has 612 valence electrons. The number of esters is 4. The molecular weight excluding hydrogens is 1340 g/mol. The van der Waals surface area contributed by atoms with Crippen molar-refractivity contribution in [2.45, 2.75) is 464 Å². The number of aliphatic hydroxyl groups is 1. The molecule has 0 bridgehead atoms. The summed E-state index contributed by atoms with van der Waals surface area (Å²) in [6, 6.07) is 0. The van der Waals surface area contributed by atoms with Gasteiger partial charge >= 0.3 is 39.5 Å². The van der Waals surface area contributed by atoms with Crippen molar-refractivity contribution in [3.05, 3.63) is 0 Å². The Kier molecular flexibility index (Phi) is 74.1. The Morgan fingerprint density at radius 3 is 0.660 bits per heavy atom. The van der Waals surface area contributed by atoms with Gasteiger partial charge in [0.25, 0.3) is 0 Å². The van der Waals surface area contributed by atoms with Crippen molar-refractivity contribution in [3.63, 3.8) is 0 Å². The Labute approximate surface area is 632 Å². The standard InChI is InChI=1S/C84H164O17P2/c1-7-9-11-13-15-17-19-21-22-23-24-28-31-35-38-42-48-54-60-66-81(86)94-72-79(100-84(89)69-63-57-50-44-40-36-32-29-26-25-27-30-34-37-41-46-52-58-64-76(3)4)74-98-102(90,91)96-70-78(85)71-97-103(92,93)99-75-80(73-95-82(87)67-61-55-51-45-47-53-59-65-77(5)6)101-83(88)68-62-56-49-43-39-33-20-18-16-14-12-10-8-2/h76-80,85H,7-75H2,1-6H3,(H,90,91)(H,92,93)/t78-,79-,80-/m1/s1. The van der Waals surface area contributed by atoms with Crippen molar-refractivity contribution in [3.8, 4) is 0 Å². The molecule has 0 aliphatic heterocycles. The number of carbonyl (C=O) groups is 4. The topological polar surface area (TPSA) is 237 Å². The normalized spacial score (nSPS) is 13.9. The number of phosphoric ester groups is 2. The van der Waals surface area contributed by atoms with E-state index in [0.29, 0.717) is 31.6 Å². The minimum atomic E-state index is -4.96. The Morgan fingerprint density at radius 1 is 0.262 bits per heavy atom. The molecule has 0 saturated heterocycles. The van der Waals surface area contributed by atoms with Gasteiger partial charge in [0, 0.05) is 25.7 Å². The molecule has 0 aromatic carbocycles. The molecule has 0 aromatic heterocycles. The fourth-order valence-electron chi connectivity index (χ4n) is 13.1. The maximum Gasteiger partial charge on any atom is 0.472 e. The van der Waals surface area contributed by atoms with Crippen LogP contribution in [0.2, 0.25) is 0 Å². The third-order valence-electron chi connectivity index (χ3n) is 19.7. The molecule has 0 amide bonds. The number of hydrogen-bond donors (Lipinski definition) is 3. The van der Waals surface area contributed by atoms with Crippen LogP contribution in [0, 0.1) is 11.8 Å². The summed E-state index contributed by atoms with van der Waals surface area (Å²) in [4.78, 5) is 73.1. The first-order valence-corrected chi connectivity index (χ1v) is 46.5.